The number of hydrogen-bond acceptors (Lipinski definition) is 5. The van der Waals surface area contributed by atoms with Crippen LogP contribution >= 0.6 is 36.2 Å². The first kappa shape index (κ1) is 23.0. The largest absolute Gasteiger partial charge is 0.493 e. The third-order valence-electron chi connectivity index (χ3n) is 3.29. The van der Waals surface area contributed by atoms with E-state index in [1.165, 1.54) is 10.4 Å². The highest BCUT2D eigenvalue weighted by molar-refractivity contribution is 7.09. The van der Waals surface area contributed by atoms with Gasteiger partial charge in [0.1, 0.15) is 6.61 Å². The summed E-state index contributed by atoms with van der Waals surface area (Å²) in [5, 5.41) is 8.62. The fraction of sp³-hybridized carbons (Fsp3) is 0.412. The van der Waals surface area contributed by atoms with E-state index in [0.717, 1.165) is 37.6 Å². The minimum absolute atomic E-state index is 0. The van der Waals surface area contributed by atoms with Crippen LogP contribution in [0, 0.1) is 0 Å². The molecule has 4 nitrogen and oxygen atoms in total. The SMILES string of the molecule is CNCCCNCc1ccc(OCc2cccs2)c(OC)c1.Cl.Cl. The second-order valence-electron chi connectivity index (χ2n) is 4.99. The number of ether oxygens (including phenoxy) is 2. The standard InChI is InChI=1S/C17H24N2O2S.2ClH/c1-18-8-4-9-19-12-14-6-7-16(17(11-14)20-2)21-13-15-5-3-10-22-15;;/h3,5-7,10-11,18-19H,4,8-9,12-13H2,1-2H3;2*1H. The molecule has 1 heterocycles. The van der Waals surface area contributed by atoms with Crippen molar-refractivity contribution in [2.24, 2.45) is 0 Å². The van der Waals surface area contributed by atoms with Crippen LogP contribution in [-0.4, -0.2) is 27.2 Å². The Hall–Kier alpha value is -0.980. The second kappa shape index (κ2) is 13.3. The molecule has 7 heteroatoms. The lowest BCUT2D eigenvalue weighted by molar-refractivity contribution is 0.287. The Labute approximate surface area is 160 Å². The van der Waals surface area contributed by atoms with Crippen molar-refractivity contribution in [3.63, 3.8) is 0 Å². The average molecular weight is 393 g/mol. The van der Waals surface area contributed by atoms with Gasteiger partial charge in [0.05, 0.1) is 7.11 Å². The Morgan fingerprint density at radius 2 is 1.92 bits per heavy atom. The molecule has 0 amide bonds. The lowest BCUT2D eigenvalue weighted by atomic mass is 10.2. The molecule has 1 aromatic carbocycles. The molecule has 0 bridgehead atoms. The molecule has 136 valence electrons. The smallest absolute Gasteiger partial charge is 0.161 e. The van der Waals surface area contributed by atoms with Gasteiger partial charge in [-0.1, -0.05) is 12.1 Å². The highest BCUT2D eigenvalue weighted by Crippen LogP contribution is 2.29. The summed E-state index contributed by atoms with van der Waals surface area (Å²) in [6.07, 6.45) is 1.12. The van der Waals surface area contributed by atoms with Gasteiger partial charge in [0.15, 0.2) is 11.5 Å². The van der Waals surface area contributed by atoms with Gasteiger partial charge >= 0.3 is 0 Å². The van der Waals surface area contributed by atoms with Crippen molar-refractivity contribution in [3.8, 4) is 11.5 Å². The minimum atomic E-state index is 0. The molecule has 0 aliphatic heterocycles. The Bertz CT molecular complexity index is 554. The van der Waals surface area contributed by atoms with E-state index in [1.807, 2.05) is 25.2 Å². The zero-order valence-electron chi connectivity index (χ0n) is 14.0. The molecule has 0 radical (unpaired) electrons. The predicted octanol–water partition coefficient (Wildman–Crippen LogP) is 3.88. The summed E-state index contributed by atoms with van der Waals surface area (Å²) in [6, 6.07) is 10.2. The molecule has 1 aromatic heterocycles. The average Bonchev–Trinajstić information content (AvgIpc) is 3.06. The third-order valence-corrected chi connectivity index (χ3v) is 4.14. The highest BCUT2D eigenvalue weighted by Gasteiger charge is 2.06. The van der Waals surface area contributed by atoms with Gasteiger partial charge in [0.25, 0.3) is 0 Å². The topological polar surface area (TPSA) is 42.5 Å². The van der Waals surface area contributed by atoms with E-state index in [4.69, 9.17) is 9.47 Å². The van der Waals surface area contributed by atoms with Gasteiger partial charge in [-0.25, -0.2) is 0 Å². The molecule has 0 unspecified atom stereocenters. The van der Waals surface area contributed by atoms with E-state index >= 15 is 0 Å². The fourth-order valence-electron chi connectivity index (χ4n) is 2.11. The van der Waals surface area contributed by atoms with Crippen LogP contribution in [0.3, 0.4) is 0 Å². The molecule has 2 N–H and O–H groups in total. The predicted molar refractivity (Wildman–Crippen MR) is 106 cm³/mol. The molecule has 0 fully saturated rings. The van der Waals surface area contributed by atoms with Crippen molar-refractivity contribution >= 4 is 36.2 Å². The van der Waals surface area contributed by atoms with Crippen molar-refractivity contribution < 1.29 is 9.47 Å². The van der Waals surface area contributed by atoms with E-state index in [-0.39, 0.29) is 24.8 Å². The first-order chi connectivity index (χ1) is 10.8. The van der Waals surface area contributed by atoms with Gasteiger partial charge in [-0.15, -0.1) is 36.2 Å². The maximum absolute atomic E-state index is 5.84. The number of rotatable bonds is 10. The highest BCUT2D eigenvalue weighted by atomic mass is 35.5. The quantitative estimate of drug-likeness (QED) is 0.602. The van der Waals surface area contributed by atoms with E-state index in [9.17, 15) is 0 Å². The fourth-order valence-corrected chi connectivity index (χ4v) is 2.72. The van der Waals surface area contributed by atoms with E-state index in [0.29, 0.717) is 6.61 Å². The Balaban J connectivity index is 0.00000264. The lowest BCUT2D eigenvalue weighted by Crippen LogP contribution is -2.19. The van der Waals surface area contributed by atoms with Crippen molar-refractivity contribution in [1.29, 1.82) is 0 Å². The maximum atomic E-state index is 5.84. The van der Waals surface area contributed by atoms with Gasteiger partial charge in [-0.05, 0) is 55.7 Å². The van der Waals surface area contributed by atoms with Gasteiger partial charge in [-0.3, -0.25) is 0 Å². The summed E-state index contributed by atoms with van der Waals surface area (Å²) in [6.45, 7) is 3.45. The van der Waals surface area contributed by atoms with Crippen LogP contribution < -0.4 is 20.1 Å². The van der Waals surface area contributed by atoms with Crippen molar-refractivity contribution in [2.75, 3.05) is 27.2 Å². The molecule has 2 rings (SSSR count). The summed E-state index contributed by atoms with van der Waals surface area (Å²) in [5.41, 5.74) is 1.20. The number of hydrogen-bond donors (Lipinski definition) is 2. The number of nitrogens with one attached hydrogen (secondary N) is 2. The number of benzene rings is 1. The summed E-state index contributed by atoms with van der Waals surface area (Å²) in [5.74, 6) is 1.57. The van der Waals surface area contributed by atoms with E-state index in [1.54, 1.807) is 18.4 Å². The van der Waals surface area contributed by atoms with Crippen LogP contribution in [0.15, 0.2) is 35.7 Å². The van der Waals surface area contributed by atoms with Crippen LogP contribution in [0.1, 0.15) is 16.9 Å². The lowest BCUT2D eigenvalue weighted by Gasteiger charge is -2.12. The summed E-state index contributed by atoms with van der Waals surface area (Å²) >= 11 is 1.70. The monoisotopic (exact) mass is 392 g/mol. The number of thiophene rings is 1. The molecule has 0 saturated carbocycles. The Morgan fingerprint density at radius 3 is 2.58 bits per heavy atom. The molecule has 0 aliphatic rings. The third kappa shape index (κ3) is 7.73. The van der Waals surface area contributed by atoms with Crippen LogP contribution in [0.25, 0.3) is 0 Å². The molecular formula is C17H26Cl2N2O2S. The van der Waals surface area contributed by atoms with Crippen LogP contribution in [0.5, 0.6) is 11.5 Å². The van der Waals surface area contributed by atoms with Crippen molar-refractivity contribution in [1.82, 2.24) is 10.6 Å². The summed E-state index contributed by atoms with van der Waals surface area (Å²) in [4.78, 5) is 1.21. The van der Waals surface area contributed by atoms with E-state index in [2.05, 4.69) is 28.1 Å². The molecule has 24 heavy (non-hydrogen) atoms. The van der Waals surface area contributed by atoms with Crippen LogP contribution in [0.2, 0.25) is 0 Å². The van der Waals surface area contributed by atoms with Crippen LogP contribution in [0.4, 0.5) is 0 Å². The number of methoxy groups -OCH3 is 1. The summed E-state index contributed by atoms with van der Waals surface area (Å²) < 4.78 is 11.3. The molecule has 0 saturated heterocycles. The molecule has 0 atom stereocenters. The maximum Gasteiger partial charge on any atom is 0.161 e. The van der Waals surface area contributed by atoms with Gasteiger partial charge in [-0.2, -0.15) is 0 Å². The number of halogens is 2. The summed E-state index contributed by atoms with van der Waals surface area (Å²) in [7, 11) is 3.65. The minimum Gasteiger partial charge on any atom is -0.493 e. The van der Waals surface area contributed by atoms with Crippen molar-refractivity contribution in [2.45, 2.75) is 19.6 Å². The zero-order chi connectivity index (χ0) is 15.6. The van der Waals surface area contributed by atoms with E-state index < -0.39 is 0 Å². The normalized spacial score (nSPS) is 9.75. The first-order valence-electron chi connectivity index (χ1n) is 7.51. The first-order valence-corrected chi connectivity index (χ1v) is 8.39. The van der Waals surface area contributed by atoms with Crippen LogP contribution in [-0.2, 0) is 13.2 Å². The molecular weight excluding hydrogens is 367 g/mol. The van der Waals surface area contributed by atoms with Crippen molar-refractivity contribution in [3.05, 3.63) is 46.2 Å². The Kier molecular flexibility index (Phi) is 12.8. The molecule has 0 aliphatic carbocycles. The van der Waals surface area contributed by atoms with Gasteiger partial charge < -0.3 is 20.1 Å². The zero-order valence-corrected chi connectivity index (χ0v) is 16.5. The van der Waals surface area contributed by atoms with Gasteiger partial charge in [0.2, 0.25) is 0 Å². The molecule has 2 aromatic rings. The molecule has 0 spiro atoms. The van der Waals surface area contributed by atoms with Gasteiger partial charge in [0, 0.05) is 11.4 Å². The second-order valence-corrected chi connectivity index (χ2v) is 6.02. The Morgan fingerprint density at radius 1 is 1.08 bits per heavy atom.